The Bertz CT molecular complexity index is 578. The second kappa shape index (κ2) is 5.27. The lowest BCUT2D eigenvalue weighted by Gasteiger charge is -2.31. The number of benzene rings is 1. The zero-order valence-electron chi connectivity index (χ0n) is 11.9. The summed E-state index contributed by atoms with van der Waals surface area (Å²) in [7, 11) is 0. The summed E-state index contributed by atoms with van der Waals surface area (Å²) in [4.78, 5) is 20.1. The molecule has 1 saturated carbocycles. The van der Waals surface area contributed by atoms with Crippen molar-refractivity contribution in [3.05, 3.63) is 30.1 Å². The van der Waals surface area contributed by atoms with E-state index in [0.29, 0.717) is 6.54 Å². The van der Waals surface area contributed by atoms with Gasteiger partial charge in [-0.2, -0.15) is 0 Å². The third-order valence-corrected chi connectivity index (χ3v) is 4.36. The Morgan fingerprint density at radius 3 is 2.80 bits per heavy atom. The molecule has 0 saturated heterocycles. The summed E-state index contributed by atoms with van der Waals surface area (Å²) in [6.45, 7) is 2.56. The molecule has 2 N–H and O–H groups in total. The number of amides is 1. The summed E-state index contributed by atoms with van der Waals surface area (Å²) < 4.78 is 0. The van der Waals surface area contributed by atoms with E-state index in [-0.39, 0.29) is 11.3 Å². The molecule has 1 fully saturated rings. The smallest absolute Gasteiger partial charge is 0.226 e. The first-order chi connectivity index (χ1) is 9.67. The fraction of sp³-hybridized carbons (Fsp3) is 0.500. The highest BCUT2D eigenvalue weighted by Gasteiger charge is 2.34. The fourth-order valence-corrected chi connectivity index (χ4v) is 3.03. The molecule has 1 aromatic heterocycles. The molecule has 1 heterocycles. The highest BCUT2D eigenvalue weighted by molar-refractivity contribution is 5.82. The number of nitrogens with zero attached hydrogens (tertiary/aromatic N) is 1. The van der Waals surface area contributed by atoms with Crippen LogP contribution < -0.4 is 5.32 Å². The predicted molar refractivity (Wildman–Crippen MR) is 79.1 cm³/mol. The number of para-hydroxylation sites is 2. The highest BCUT2D eigenvalue weighted by Crippen LogP contribution is 2.35. The van der Waals surface area contributed by atoms with Gasteiger partial charge in [0.1, 0.15) is 5.82 Å². The molecule has 0 atom stereocenters. The van der Waals surface area contributed by atoms with Crippen molar-refractivity contribution < 1.29 is 4.79 Å². The van der Waals surface area contributed by atoms with Crippen molar-refractivity contribution in [2.45, 2.75) is 45.6 Å². The van der Waals surface area contributed by atoms with Gasteiger partial charge in [0.05, 0.1) is 17.6 Å². The molecule has 1 aliphatic carbocycles. The minimum atomic E-state index is -0.190. The Morgan fingerprint density at radius 1 is 1.30 bits per heavy atom. The van der Waals surface area contributed by atoms with Crippen molar-refractivity contribution in [1.82, 2.24) is 15.3 Å². The van der Waals surface area contributed by atoms with E-state index >= 15 is 0 Å². The third-order valence-electron chi connectivity index (χ3n) is 4.36. The van der Waals surface area contributed by atoms with Gasteiger partial charge in [0, 0.05) is 5.41 Å². The van der Waals surface area contributed by atoms with Crippen LogP contribution in [0.1, 0.15) is 44.9 Å². The molecule has 1 aliphatic rings. The summed E-state index contributed by atoms with van der Waals surface area (Å²) in [5.74, 6) is 0.983. The van der Waals surface area contributed by atoms with Crippen LogP contribution in [0.3, 0.4) is 0 Å². The van der Waals surface area contributed by atoms with Crippen LogP contribution in [0, 0.1) is 5.41 Å². The van der Waals surface area contributed by atoms with Gasteiger partial charge in [0.15, 0.2) is 0 Å². The molecule has 2 aromatic rings. The van der Waals surface area contributed by atoms with Crippen LogP contribution in [-0.2, 0) is 11.3 Å². The van der Waals surface area contributed by atoms with E-state index in [0.717, 1.165) is 42.5 Å². The van der Waals surface area contributed by atoms with Crippen molar-refractivity contribution >= 4 is 16.9 Å². The lowest BCUT2D eigenvalue weighted by atomic mass is 9.75. The van der Waals surface area contributed by atoms with E-state index in [1.165, 1.54) is 6.42 Å². The van der Waals surface area contributed by atoms with Gasteiger partial charge in [-0.25, -0.2) is 4.98 Å². The number of nitrogens with one attached hydrogen (secondary N) is 2. The van der Waals surface area contributed by atoms with E-state index in [9.17, 15) is 4.79 Å². The van der Waals surface area contributed by atoms with Gasteiger partial charge in [0.2, 0.25) is 5.91 Å². The van der Waals surface area contributed by atoms with Crippen LogP contribution in [0.15, 0.2) is 24.3 Å². The highest BCUT2D eigenvalue weighted by atomic mass is 16.2. The molecule has 1 aromatic carbocycles. The number of aromatic amines is 1. The number of fused-ring (bicyclic) bond motifs is 1. The van der Waals surface area contributed by atoms with Crippen LogP contribution in [0.25, 0.3) is 11.0 Å². The van der Waals surface area contributed by atoms with Gasteiger partial charge in [-0.15, -0.1) is 0 Å². The molecule has 106 valence electrons. The van der Waals surface area contributed by atoms with Gasteiger partial charge in [-0.05, 0) is 25.0 Å². The van der Waals surface area contributed by atoms with Crippen LogP contribution in [0.4, 0.5) is 0 Å². The normalized spacial score (nSPS) is 18.1. The van der Waals surface area contributed by atoms with Gasteiger partial charge in [-0.3, -0.25) is 4.79 Å². The molecule has 4 heteroatoms. The quantitative estimate of drug-likeness (QED) is 0.901. The first-order valence-electron chi connectivity index (χ1n) is 7.39. The largest absolute Gasteiger partial charge is 0.348 e. The predicted octanol–water partition coefficient (Wildman–Crippen LogP) is 3.15. The Kier molecular flexibility index (Phi) is 3.47. The Labute approximate surface area is 119 Å². The zero-order chi connectivity index (χ0) is 14.0. The van der Waals surface area contributed by atoms with Gasteiger partial charge < -0.3 is 10.3 Å². The summed E-state index contributed by atoms with van der Waals surface area (Å²) in [6.07, 6.45) is 5.58. The van der Waals surface area contributed by atoms with Gasteiger partial charge in [-0.1, -0.05) is 38.3 Å². The average Bonchev–Trinajstić information content (AvgIpc) is 2.88. The standard InChI is InChI=1S/C16H21N3O/c1-16(9-5-2-6-10-16)15(20)17-11-14-18-12-7-3-4-8-13(12)19-14/h3-4,7-8H,2,5-6,9-11H2,1H3,(H,17,20)(H,18,19). The van der Waals surface area contributed by atoms with Gasteiger partial charge in [0.25, 0.3) is 0 Å². The Morgan fingerprint density at radius 2 is 2.05 bits per heavy atom. The molecule has 4 nitrogen and oxygen atoms in total. The Balaban J connectivity index is 1.65. The number of imidazole rings is 1. The molecular formula is C16H21N3O. The Hall–Kier alpha value is -1.84. The molecule has 0 radical (unpaired) electrons. The summed E-state index contributed by atoms with van der Waals surface area (Å²) in [5.41, 5.74) is 1.77. The number of hydrogen-bond acceptors (Lipinski definition) is 2. The molecule has 0 aliphatic heterocycles. The monoisotopic (exact) mass is 271 g/mol. The lowest BCUT2D eigenvalue weighted by Crippen LogP contribution is -2.40. The average molecular weight is 271 g/mol. The number of H-pyrrole nitrogens is 1. The van der Waals surface area contributed by atoms with Crippen LogP contribution in [0.5, 0.6) is 0 Å². The molecule has 0 bridgehead atoms. The molecule has 20 heavy (non-hydrogen) atoms. The summed E-state index contributed by atoms with van der Waals surface area (Å²) >= 11 is 0. The third kappa shape index (κ3) is 2.55. The lowest BCUT2D eigenvalue weighted by molar-refractivity contribution is -0.132. The minimum absolute atomic E-state index is 0.164. The van der Waals surface area contributed by atoms with E-state index in [4.69, 9.17) is 0 Å². The fourth-order valence-electron chi connectivity index (χ4n) is 3.03. The molecule has 0 unspecified atom stereocenters. The SMILES string of the molecule is CC1(C(=O)NCc2nc3ccccc3[nH]2)CCCCC1. The van der Waals surface area contributed by atoms with E-state index < -0.39 is 0 Å². The number of aromatic nitrogens is 2. The first kappa shape index (κ1) is 13.2. The van der Waals surface area contributed by atoms with Gasteiger partial charge >= 0.3 is 0 Å². The van der Waals surface area contributed by atoms with E-state index in [1.807, 2.05) is 24.3 Å². The van der Waals surface area contributed by atoms with Crippen molar-refractivity contribution in [3.63, 3.8) is 0 Å². The zero-order valence-corrected chi connectivity index (χ0v) is 11.9. The number of carbonyl (C=O) groups excluding carboxylic acids is 1. The minimum Gasteiger partial charge on any atom is -0.348 e. The second-order valence-electron chi connectivity index (χ2n) is 6.00. The summed E-state index contributed by atoms with van der Waals surface area (Å²) in [5, 5.41) is 3.04. The number of carbonyl (C=O) groups is 1. The number of hydrogen-bond donors (Lipinski definition) is 2. The molecule has 1 amide bonds. The summed E-state index contributed by atoms with van der Waals surface area (Å²) in [6, 6.07) is 7.91. The van der Waals surface area contributed by atoms with Crippen molar-refractivity contribution in [2.24, 2.45) is 5.41 Å². The van der Waals surface area contributed by atoms with Crippen LogP contribution in [0.2, 0.25) is 0 Å². The van der Waals surface area contributed by atoms with E-state index in [1.54, 1.807) is 0 Å². The van der Waals surface area contributed by atoms with Crippen LogP contribution >= 0.6 is 0 Å². The maximum absolute atomic E-state index is 12.4. The maximum Gasteiger partial charge on any atom is 0.226 e. The molecular weight excluding hydrogens is 250 g/mol. The van der Waals surface area contributed by atoms with Crippen molar-refractivity contribution in [1.29, 1.82) is 0 Å². The van der Waals surface area contributed by atoms with E-state index in [2.05, 4.69) is 22.2 Å². The van der Waals surface area contributed by atoms with Crippen molar-refractivity contribution in [3.8, 4) is 0 Å². The first-order valence-corrected chi connectivity index (χ1v) is 7.39. The molecule has 3 rings (SSSR count). The second-order valence-corrected chi connectivity index (χ2v) is 6.00. The van der Waals surface area contributed by atoms with Crippen molar-refractivity contribution in [2.75, 3.05) is 0 Å². The van der Waals surface area contributed by atoms with Crippen LogP contribution in [-0.4, -0.2) is 15.9 Å². The molecule has 0 spiro atoms. The maximum atomic E-state index is 12.4. The number of rotatable bonds is 3. The topological polar surface area (TPSA) is 57.8 Å².